The summed E-state index contributed by atoms with van der Waals surface area (Å²) in [4.78, 5) is 12.1. The molecule has 2 unspecified atom stereocenters. The topological polar surface area (TPSA) is 50.4 Å². The van der Waals surface area contributed by atoms with E-state index in [1.165, 1.54) is 0 Å². The molecule has 1 aliphatic carbocycles. The molecule has 2 fully saturated rings. The van der Waals surface area contributed by atoms with E-state index in [-0.39, 0.29) is 25.0 Å². The first-order chi connectivity index (χ1) is 9.89. The number of halogens is 3. The molecule has 0 spiro atoms. The lowest BCUT2D eigenvalue weighted by Gasteiger charge is -2.34. The van der Waals surface area contributed by atoms with Gasteiger partial charge in [0.2, 0.25) is 5.91 Å². The molecule has 1 saturated carbocycles. The molecule has 4 atom stereocenters. The van der Waals surface area contributed by atoms with Crippen LogP contribution in [0.3, 0.4) is 0 Å². The second kappa shape index (κ2) is 6.96. The minimum absolute atomic E-state index is 0.0912. The molecule has 122 valence electrons. The normalized spacial score (nSPS) is 34.5. The average Bonchev–Trinajstić information content (AvgIpc) is 2.44. The molecule has 1 aliphatic heterocycles. The predicted molar refractivity (Wildman–Crippen MR) is 71.7 cm³/mol. The van der Waals surface area contributed by atoms with Gasteiger partial charge in [-0.3, -0.25) is 4.79 Å². The van der Waals surface area contributed by atoms with Crippen molar-refractivity contribution in [3.05, 3.63) is 0 Å². The third-order valence-electron chi connectivity index (χ3n) is 4.47. The van der Waals surface area contributed by atoms with Crippen LogP contribution >= 0.6 is 0 Å². The van der Waals surface area contributed by atoms with Gasteiger partial charge in [0, 0.05) is 13.1 Å². The van der Waals surface area contributed by atoms with Crippen molar-refractivity contribution in [1.29, 1.82) is 0 Å². The molecule has 1 heterocycles. The fourth-order valence-electron chi connectivity index (χ4n) is 3.25. The van der Waals surface area contributed by atoms with E-state index in [4.69, 9.17) is 4.74 Å². The Bertz CT molecular complexity index is 363. The molecule has 21 heavy (non-hydrogen) atoms. The third-order valence-corrected chi connectivity index (χ3v) is 4.47. The Labute approximate surface area is 122 Å². The van der Waals surface area contributed by atoms with Crippen molar-refractivity contribution in [2.24, 2.45) is 11.8 Å². The van der Waals surface area contributed by atoms with E-state index in [0.717, 1.165) is 6.42 Å². The van der Waals surface area contributed by atoms with E-state index < -0.39 is 24.1 Å². The summed E-state index contributed by atoms with van der Waals surface area (Å²) in [5, 5.41) is 5.71. The number of morpholine rings is 1. The predicted octanol–water partition coefficient (Wildman–Crippen LogP) is 1.85. The van der Waals surface area contributed by atoms with Crippen LogP contribution in [-0.4, -0.2) is 43.9 Å². The summed E-state index contributed by atoms with van der Waals surface area (Å²) in [6, 6.07) is -0.480. The van der Waals surface area contributed by atoms with Gasteiger partial charge in [-0.15, -0.1) is 0 Å². The Morgan fingerprint density at radius 1 is 1.33 bits per heavy atom. The summed E-state index contributed by atoms with van der Waals surface area (Å²) >= 11 is 0. The van der Waals surface area contributed by atoms with E-state index in [9.17, 15) is 18.0 Å². The molecular weight excluding hydrogens is 285 g/mol. The average molecular weight is 308 g/mol. The van der Waals surface area contributed by atoms with Crippen molar-refractivity contribution in [3.63, 3.8) is 0 Å². The molecule has 2 rings (SSSR count). The number of ether oxygens (including phenoxy) is 1. The van der Waals surface area contributed by atoms with Gasteiger partial charge in [0.05, 0.1) is 18.6 Å². The van der Waals surface area contributed by atoms with Crippen LogP contribution in [0.5, 0.6) is 0 Å². The summed E-state index contributed by atoms with van der Waals surface area (Å²) in [5.74, 6) is -2.07. The maximum atomic E-state index is 13.0. The summed E-state index contributed by atoms with van der Waals surface area (Å²) in [6.45, 7) is 3.00. The van der Waals surface area contributed by atoms with Crippen LogP contribution in [0.1, 0.15) is 32.6 Å². The highest BCUT2D eigenvalue weighted by molar-refractivity contribution is 5.82. The van der Waals surface area contributed by atoms with Crippen molar-refractivity contribution < 1.29 is 22.7 Å². The Hall–Kier alpha value is -0.820. The highest BCUT2D eigenvalue weighted by atomic mass is 19.4. The van der Waals surface area contributed by atoms with Crippen LogP contribution in [0.2, 0.25) is 0 Å². The maximum absolute atomic E-state index is 13.0. The van der Waals surface area contributed by atoms with E-state index in [0.29, 0.717) is 26.0 Å². The monoisotopic (exact) mass is 308 g/mol. The molecule has 0 aromatic carbocycles. The van der Waals surface area contributed by atoms with E-state index >= 15 is 0 Å². The molecule has 4 nitrogen and oxygen atoms in total. The number of carbonyl (C=O) groups is 1. The van der Waals surface area contributed by atoms with Crippen LogP contribution in [0.4, 0.5) is 13.2 Å². The highest BCUT2D eigenvalue weighted by Crippen LogP contribution is 2.41. The van der Waals surface area contributed by atoms with Crippen molar-refractivity contribution in [2.75, 3.05) is 19.7 Å². The molecule has 0 aromatic rings. The van der Waals surface area contributed by atoms with Crippen LogP contribution in [-0.2, 0) is 9.53 Å². The molecule has 0 radical (unpaired) electrons. The van der Waals surface area contributed by atoms with E-state index in [1.807, 2.05) is 0 Å². The first-order valence-electron chi connectivity index (χ1n) is 7.59. The molecule has 7 heteroatoms. The van der Waals surface area contributed by atoms with Gasteiger partial charge in [-0.25, -0.2) is 0 Å². The Balaban J connectivity index is 1.87. The fourth-order valence-corrected chi connectivity index (χ4v) is 3.25. The number of hydrogen-bond donors (Lipinski definition) is 2. The number of hydrogen-bond acceptors (Lipinski definition) is 3. The molecule has 2 N–H and O–H groups in total. The van der Waals surface area contributed by atoms with Gasteiger partial charge in [0.1, 0.15) is 6.04 Å². The SMILES string of the molecule is C[C@H]1OCCN[C@@H]1C(=O)NCC1CCCCC1C(F)(F)F. The van der Waals surface area contributed by atoms with Gasteiger partial charge in [-0.05, 0) is 25.7 Å². The van der Waals surface area contributed by atoms with Gasteiger partial charge in [-0.1, -0.05) is 12.8 Å². The lowest BCUT2D eigenvalue weighted by Crippen LogP contribution is -2.56. The largest absolute Gasteiger partial charge is 0.392 e. The number of carbonyl (C=O) groups excluding carboxylic acids is 1. The first kappa shape index (κ1) is 16.5. The number of alkyl halides is 3. The first-order valence-corrected chi connectivity index (χ1v) is 7.59. The summed E-state index contributed by atoms with van der Waals surface area (Å²) in [6.07, 6.45) is -2.32. The van der Waals surface area contributed by atoms with Crippen LogP contribution in [0.25, 0.3) is 0 Å². The standard InChI is InChI=1S/C14H23F3N2O2/c1-9-12(18-6-7-21-9)13(20)19-8-10-4-2-3-5-11(10)14(15,16)17/h9-12,18H,2-8H2,1H3,(H,19,20)/t9-,10?,11?,12+/m1/s1. The van der Waals surface area contributed by atoms with Crippen LogP contribution in [0, 0.1) is 11.8 Å². The molecule has 0 bridgehead atoms. The van der Waals surface area contributed by atoms with Gasteiger partial charge < -0.3 is 15.4 Å². The molecular formula is C14H23F3N2O2. The second-order valence-corrected chi connectivity index (χ2v) is 5.95. The quantitative estimate of drug-likeness (QED) is 0.836. The van der Waals surface area contributed by atoms with Gasteiger partial charge in [-0.2, -0.15) is 13.2 Å². The Kier molecular flexibility index (Phi) is 5.48. The van der Waals surface area contributed by atoms with Crippen LogP contribution < -0.4 is 10.6 Å². The summed E-state index contributed by atoms with van der Waals surface area (Å²) in [7, 11) is 0. The smallest absolute Gasteiger partial charge is 0.375 e. The summed E-state index contributed by atoms with van der Waals surface area (Å²) in [5.41, 5.74) is 0. The zero-order valence-corrected chi connectivity index (χ0v) is 12.2. The number of nitrogens with one attached hydrogen (secondary N) is 2. The molecule has 2 aliphatic rings. The minimum Gasteiger partial charge on any atom is -0.375 e. The minimum atomic E-state index is -4.17. The molecule has 1 amide bonds. The third kappa shape index (κ3) is 4.32. The molecule has 1 saturated heterocycles. The summed E-state index contributed by atoms with van der Waals surface area (Å²) < 4.78 is 44.3. The van der Waals surface area contributed by atoms with E-state index in [1.54, 1.807) is 6.92 Å². The van der Waals surface area contributed by atoms with Gasteiger partial charge in [0.25, 0.3) is 0 Å². The van der Waals surface area contributed by atoms with Crippen molar-refractivity contribution in [2.45, 2.75) is 50.9 Å². The highest BCUT2D eigenvalue weighted by Gasteiger charge is 2.45. The zero-order chi connectivity index (χ0) is 15.5. The Morgan fingerprint density at radius 2 is 2.05 bits per heavy atom. The van der Waals surface area contributed by atoms with E-state index in [2.05, 4.69) is 10.6 Å². The lowest BCUT2D eigenvalue weighted by molar-refractivity contribution is -0.196. The second-order valence-electron chi connectivity index (χ2n) is 5.95. The van der Waals surface area contributed by atoms with Gasteiger partial charge >= 0.3 is 6.18 Å². The molecule has 0 aromatic heterocycles. The zero-order valence-electron chi connectivity index (χ0n) is 12.2. The number of amides is 1. The van der Waals surface area contributed by atoms with Gasteiger partial charge in [0.15, 0.2) is 0 Å². The van der Waals surface area contributed by atoms with Crippen molar-refractivity contribution >= 4 is 5.91 Å². The van der Waals surface area contributed by atoms with Crippen molar-refractivity contribution in [1.82, 2.24) is 10.6 Å². The fraction of sp³-hybridized carbons (Fsp3) is 0.929. The maximum Gasteiger partial charge on any atom is 0.392 e. The van der Waals surface area contributed by atoms with Crippen LogP contribution in [0.15, 0.2) is 0 Å². The number of rotatable bonds is 3. The lowest BCUT2D eigenvalue weighted by atomic mass is 9.78. The Morgan fingerprint density at radius 3 is 2.71 bits per heavy atom. The van der Waals surface area contributed by atoms with Crippen molar-refractivity contribution in [3.8, 4) is 0 Å².